The van der Waals surface area contributed by atoms with Gasteiger partial charge in [0.25, 0.3) is 5.91 Å². The second-order valence-electron chi connectivity index (χ2n) is 9.31. The van der Waals surface area contributed by atoms with Crippen LogP contribution in [0.4, 0.5) is 19.0 Å². The monoisotopic (exact) mass is 650 g/mol. The molecule has 206 valence electrons. The third-order valence-corrected chi connectivity index (χ3v) is 7.29. The summed E-state index contributed by atoms with van der Waals surface area (Å²) in [7, 11) is 0. The van der Waals surface area contributed by atoms with Gasteiger partial charge in [-0.15, -0.1) is 0 Å². The summed E-state index contributed by atoms with van der Waals surface area (Å²) in [6, 6.07) is 14.3. The van der Waals surface area contributed by atoms with Crippen LogP contribution in [-0.4, -0.2) is 30.3 Å². The number of hydrogen-bond donors (Lipinski definition) is 1. The van der Waals surface area contributed by atoms with Crippen molar-refractivity contribution >= 4 is 56.5 Å². The van der Waals surface area contributed by atoms with Crippen LogP contribution in [0.1, 0.15) is 47.1 Å². The Kier molecular flexibility index (Phi) is 7.64. The summed E-state index contributed by atoms with van der Waals surface area (Å²) < 4.78 is 44.6. The van der Waals surface area contributed by atoms with Crippen LogP contribution in [0.2, 0.25) is 10.0 Å². The van der Waals surface area contributed by atoms with Gasteiger partial charge in [0.15, 0.2) is 22.9 Å². The zero-order valence-electron chi connectivity index (χ0n) is 21.0. The van der Waals surface area contributed by atoms with Crippen LogP contribution in [0.3, 0.4) is 0 Å². The molecule has 3 heterocycles. The summed E-state index contributed by atoms with van der Waals surface area (Å²) in [5.41, 5.74) is 1.00. The molecule has 13 heteroatoms. The molecular weight excluding hydrogens is 632 g/mol. The number of amides is 1. The van der Waals surface area contributed by atoms with Crippen molar-refractivity contribution in [3.63, 3.8) is 0 Å². The predicted molar refractivity (Wildman–Crippen MR) is 151 cm³/mol. The number of alkyl halides is 3. The first-order valence-electron chi connectivity index (χ1n) is 12.0. The first kappa shape index (κ1) is 28.1. The average molecular weight is 652 g/mol. The van der Waals surface area contributed by atoms with E-state index in [0.29, 0.717) is 31.1 Å². The fourth-order valence-electron chi connectivity index (χ4n) is 4.03. The van der Waals surface area contributed by atoms with Gasteiger partial charge in [0.2, 0.25) is 0 Å². The topological polar surface area (TPSA) is 77.1 Å². The maximum atomic E-state index is 14.0. The van der Waals surface area contributed by atoms with Gasteiger partial charge in [-0.1, -0.05) is 67.4 Å². The molecule has 5 aromatic rings. The highest BCUT2D eigenvalue weighted by Gasteiger charge is 2.35. The van der Waals surface area contributed by atoms with Gasteiger partial charge in [0.05, 0.1) is 16.7 Å². The second-order valence-corrected chi connectivity index (χ2v) is 11.0. The molecule has 40 heavy (non-hydrogen) atoms. The molecule has 2 aromatic carbocycles. The van der Waals surface area contributed by atoms with E-state index in [-0.39, 0.29) is 28.8 Å². The molecule has 7 nitrogen and oxygen atoms in total. The van der Waals surface area contributed by atoms with Crippen LogP contribution in [0.5, 0.6) is 0 Å². The van der Waals surface area contributed by atoms with E-state index in [1.54, 1.807) is 41.2 Å². The first-order chi connectivity index (χ1) is 18.9. The lowest BCUT2D eigenvalue weighted by Gasteiger charge is -2.11. The number of nitrogens with zero attached hydrogens (tertiary/aromatic N) is 5. The Balaban J connectivity index is 1.44. The van der Waals surface area contributed by atoms with Crippen molar-refractivity contribution < 1.29 is 18.0 Å². The average Bonchev–Trinajstić information content (AvgIpc) is 3.47. The lowest BCUT2D eigenvalue weighted by atomic mass is 10.0. The number of fused-ring (bicyclic) bond motifs is 1. The number of anilines is 1. The van der Waals surface area contributed by atoms with E-state index in [1.807, 2.05) is 26.0 Å². The third-order valence-electron chi connectivity index (χ3n) is 6.12. The maximum Gasteiger partial charge on any atom is 0.433 e. The molecular formula is C27H20BrCl2F3N6O. The summed E-state index contributed by atoms with van der Waals surface area (Å²) in [6.07, 6.45) is -3.11. The Bertz CT molecular complexity index is 1730. The van der Waals surface area contributed by atoms with Gasteiger partial charge in [-0.05, 0) is 51.2 Å². The largest absolute Gasteiger partial charge is 0.433 e. The van der Waals surface area contributed by atoms with Gasteiger partial charge in [-0.2, -0.15) is 23.4 Å². The Hall–Kier alpha value is -3.41. The van der Waals surface area contributed by atoms with Gasteiger partial charge in [-0.25, -0.2) is 9.50 Å². The Morgan fingerprint density at radius 3 is 2.42 bits per heavy atom. The smallest absolute Gasteiger partial charge is 0.303 e. The summed E-state index contributed by atoms with van der Waals surface area (Å²) in [5.74, 6) is -0.327. The quantitative estimate of drug-likeness (QED) is 0.201. The number of aromatic nitrogens is 5. The highest BCUT2D eigenvalue weighted by atomic mass is 79.9. The normalized spacial score (nSPS) is 11.9. The maximum absolute atomic E-state index is 14.0. The zero-order valence-corrected chi connectivity index (χ0v) is 24.1. The van der Waals surface area contributed by atoms with Crippen LogP contribution in [0, 0.1) is 0 Å². The fraction of sp³-hybridized carbons (Fsp3) is 0.185. The van der Waals surface area contributed by atoms with E-state index in [1.165, 1.54) is 6.07 Å². The van der Waals surface area contributed by atoms with E-state index < -0.39 is 17.8 Å². The molecule has 0 fully saturated rings. The number of benzene rings is 2. The standard InChI is InChI=1S/C27H20BrCl2F3N6O/c1-14(2)15-3-5-16(6-4-15)21-10-23(27(31,32)33)39-24(34-21)11-22(36-39)26(40)35-25-19(28)13-38(37-25)12-17-7-8-18(29)9-20(17)30/h3-11,13-14H,12H2,1-2H3,(H,35,37,40). The minimum atomic E-state index is -4.74. The molecule has 0 aliphatic heterocycles. The van der Waals surface area contributed by atoms with Crippen molar-refractivity contribution in [2.75, 3.05) is 5.32 Å². The number of carbonyl (C=O) groups is 1. The molecule has 0 spiro atoms. The molecule has 0 atom stereocenters. The van der Waals surface area contributed by atoms with E-state index in [4.69, 9.17) is 23.2 Å². The first-order valence-corrected chi connectivity index (χ1v) is 13.5. The molecule has 0 unspecified atom stereocenters. The Labute approximate surface area is 245 Å². The third kappa shape index (κ3) is 5.86. The minimum Gasteiger partial charge on any atom is -0.303 e. The molecule has 3 aromatic heterocycles. The number of rotatable bonds is 6. The number of nitrogens with one attached hydrogen (secondary N) is 1. The van der Waals surface area contributed by atoms with Crippen LogP contribution < -0.4 is 5.32 Å². The molecule has 0 radical (unpaired) electrons. The number of carbonyl (C=O) groups excluding carboxylic acids is 1. The van der Waals surface area contributed by atoms with Crippen molar-refractivity contribution in [1.29, 1.82) is 0 Å². The van der Waals surface area contributed by atoms with Crippen LogP contribution >= 0.6 is 39.1 Å². The SMILES string of the molecule is CC(C)c1ccc(-c2cc(C(F)(F)F)n3nc(C(=O)Nc4nn(Cc5ccc(Cl)cc5Cl)cc4Br)cc3n2)cc1. The van der Waals surface area contributed by atoms with Crippen LogP contribution in [0.25, 0.3) is 16.9 Å². The Morgan fingerprint density at radius 1 is 1.05 bits per heavy atom. The minimum absolute atomic E-state index is 0.115. The summed E-state index contributed by atoms with van der Waals surface area (Å²) in [6.45, 7) is 4.34. The molecule has 1 amide bonds. The highest BCUT2D eigenvalue weighted by Crippen LogP contribution is 2.33. The van der Waals surface area contributed by atoms with Crippen molar-refractivity contribution in [3.05, 3.63) is 97.8 Å². The van der Waals surface area contributed by atoms with E-state index in [0.717, 1.165) is 17.2 Å². The summed E-state index contributed by atoms with van der Waals surface area (Å²) >= 11 is 15.5. The molecule has 0 aliphatic rings. The van der Waals surface area contributed by atoms with Crippen molar-refractivity contribution in [2.24, 2.45) is 0 Å². The van der Waals surface area contributed by atoms with E-state index in [9.17, 15) is 18.0 Å². The lowest BCUT2D eigenvalue weighted by molar-refractivity contribution is -0.142. The van der Waals surface area contributed by atoms with E-state index in [2.05, 4.69) is 36.4 Å². The Morgan fingerprint density at radius 2 is 1.77 bits per heavy atom. The van der Waals surface area contributed by atoms with E-state index >= 15 is 0 Å². The van der Waals surface area contributed by atoms with Gasteiger partial charge >= 0.3 is 6.18 Å². The summed E-state index contributed by atoms with van der Waals surface area (Å²) in [4.78, 5) is 17.4. The number of halogens is 6. The fourth-order valence-corrected chi connectivity index (χ4v) is 4.92. The molecule has 0 bridgehead atoms. The molecule has 1 N–H and O–H groups in total. The van der Waals surface area contributed by atoms with Crippen LogP contribution in [-0.2, 0) is 12.7 Å². The number of hydrogen-bond acceptors (Lipinski definition) is 4. The highest BCUT2D eigenvalue weighted by molar-refractivity contribution is 9.10. The predicted octanol–water partition coefficient (Wildman–Crippen LogP) is 8.10. The van der Waals surface area contributed by atoms with Crippen molar-refractivity contribution in [1.82, 2.24) is 24.4 Å². The lowest BCUT2D eigenvalue weighted by Crippen LogP contribution is -2.16. The van der Waals surface area contributed by atoms with Gasteiger partial charge in [0, 0.05) is 27.9 Å². The van der Waals surface area contributed by atoms with Gasteiger partial charge in [0.1, 0.15) is 0 Å². The van der Waals surface area contributed by atoms with Crippen molar-refractivity contribution in [2.45, 2.75) is 32.5 Å². The van der Waals surface area contributed by atoms with Gasteiger partial charge < -0.3 is 5.32 Å². The molecule has 0 saturated heterocycles. The van der Waals surface area contributed by atoms with Gasteiger partial charge in [-0.3, -0.25) is 9.48 Å². The van der Waals surface area contributed by atoms with Crippen LogP contribution in [0.15, 0.2) is 65.3 Å². The molecule has 0 saturated carbocycles. The molecule has 5 rings (SSSR count). The molecule has 0 aliphatic carbocycles. The summed E-state index contributed by atoms with van der Waals surface area (Å²) in [5, 5.41) is 11.8. The van der Waals surface area contributed by atoms with Crippen molar-refractivity contribution in [3.8, 4) is 11.3 Å². The second kappa shape index (κ2) is 10.9. The zero-order chi connectivity index (χ0) is 28.8.